The first kappa shape index (κ1) is 21.5. The molecular weight excluding hydrogens is 462 g/mol. The number of thiazole rings is 1. The maximum atomic E-state index is 13.2. The van der Waals surface area contributed by atoms with E-state index < -0.39 is 23.8 Å². The summed E-state index contributed by atoms with van der Waals surface area (Å²) in [7, 11) is 0. The number of carbonyl (C=O) groups excluding carboxylic acids is 3. The Bertz CT molecular complexity index is 1220. The van der Waals surface area contributed by atoms with Gasteiger partial charge in [0.2, 0.25) is 12.7 Å². The molecule has 0 unspecified atom stereocenters. The van der Waals surface area contributed by atoms with E-state index in [1.807, 2.05) is 29.8 Å². The van der Waals surface area contributed by atoms with Gasteiger partial charge in [0.05, 0.1) is 16.8 Å². The minimum absolute atomic E-state index is 0.187. The molecule has 168 valence electrons. The third kappa shape index (κ3) is 3.96. The molecule has 0 aliphatic carbocycles. The summed E-state index contributed by atoms with van der Waals surface area (Å²) >= 11 is 2.82. The first-order chi connectivity index (χ1) is 16.1. The number of fused-ring (bicyclic) bond motifs is 2. The molecule has 3 aromatic rings. The molecule has 3 amide bonds. The van der Waals surface area contributed by atoms with Crippen LogP contribution in [0, 0.1) is 0 Å². The van der Waals surface area contributed by atoms with Crippen molar-refractivity contribution in [1.82, 2.24) is 9.88 Å². The molecule has 2 aliphatic rings. The molecular formula is C23H19N3O5S2. The summed E-state index contributed by atoms with van der Waals surface area (Å²) in [5.41, 5.74) is 2.15. The lowest BCUT2D eigenvalue weighted by molar-refractivity contribution is -0.120. The molecule has 1 N–H and O–H groups in total. The normalized spacial score (nSPS) is 15.0. The minimum Gasteiger partial charge on any atom is -0.454 e. The fourth-order valence-electron chi connectivity index (χ4n) is 3.81. The van der Waals surface area contributed by atoms with Crippen LogP contribution in [0.5, 0.6) is 11.5 Å². The van der Waals surface area contributed by atoms with E-state index in [9.17, 15) is 14.4 Å². The molecule has 2 aliphatic heterocycles. The van der Waals surface area contributed by atoms with Crippen LogP contribution in [0.3, 0.4) is 0 Å². The van der Waals surface area contributed by atoms with Crippen molar-refractivity contribution in [3.8, 4) is 22.8 Å². The summed E-state index contributed by atoms with van der Waals surface area (Å²) in [5.74, 6) is 0.611. The van der Waals surface area contributed by atoms with Gasteiger partial charge in [0, 0.05) is 10.9 Å². The van der Waals surface area contributed by atoms with Gasteiger partial charge in [-0.3, -0.25) is 19.3 Å². The van der Waals surface area contributed by atoms with Crippen LogP contribution in [0.1, 0.15) is 27.1 Å². The van der Waals surface area contributed by atoms with Crippen molar-refractivity contribution in [2.45, 2.75) is 12.5 Å². The molecule has 0 bridgehead atoms. The molecule has 0 saturated heterocycles. The summed E-state index contributed by atoms with van der Waals surface area (Å²) < 4.78 is 10.8. The van der Waals surface area contributed by atoms with Crippen molar-refractivity contribution in [1.29, 1.82) is 0 Å². The van der Waals surface area contributed by atoms with Gasteiger partial charge in [-0.15, -0.1) is 11.3 Å². The number of carbonyl (C=O) groups is 3. The Labute approximate surface area is 197 Å². The van der Waals surface area contributed by atoms with E-state index >= 15 is 0 Å². The van der Waals surface area contributed by atoms with Crippen LogP contribution in [-0.4, -0.2) is 52.4 Å². The molecule has 8 nitrogen and oxygen atoms in total. The van der Waals surface area contributed by atoms with Gasteiger partial charge in [0.1, 0.15) is 6.04 Å². The average molecular weight is 482 g/mol. The molecule has 10 heteroatoms. The third-order valence-corrected chi connectivity index (χ3v) is 6.84. The highest BCUT2D eigenvalue weighted by Crippen LogP contribution is 2.36. The monoisotopic (exact) mass is 481 g/mol. The van der Waals surface area contributed by atoms with Crippen molar-refractivity contribution >= 4 is 46.0 Å². The average Bonchev–Trinajstić information content (AvgIpc) is 3.54. The van der Waals surface area contributed by atoms with E-state index in [0.29, 0.717) is 45.6 Å². The van der Waals surface area contributed by atoms with Crippen LogP contribution in [-0.2, 0) is 4.79 Å². The Morgan fingerprint density at radius 1 is 1.15 bits per heavy atom. The van der Waals surface area contributed by atoms with Gasteiger partial charge in [-0.2, -0.15) is 11.8 Å². The second-order valence-electron chi connectivity index (χ2n) is 7.42. The highest BCUT2D eigenvalue weighted by molar-refractivity contribution is 7.98. The molecule has 33 heavy (non-hydrogen) atoms. The zero-order valence-corrected chi connectivity index (χ0v) is 19.2. The molecule has 0 radical (unpaired) electrons. The van der Waals surface area contributed by atoms with E-state index in [1.54, 1.807) is 36.0 Å². The van der Waals surface area contributed by atoms with E-state index in [2.05, 4.69) is 10.3 Å². The van der Waals surface area contributed by atoms with E-state index in [1.165, 1.54) is 11.3 Å². The first-order valence-electron chi connectivity index (χ1n) is 10.2. The number of amides is 3. The van der Waals surface area contributed by atoms with Gasteiger partial charge in [-0.1, -0.05) is 12.1 Å². The van der Waals surface area contributed by atoms with Gasteiger partial charge in [-0.05, 0) is 48.8 Å². The lowest BCUT2D eigenvalue weighted by Crippen LogP contribution is -2.47. The summed E-state index contributed by atoms with van der Waals surface area (Å²) in [6.45, 7) is 0.187. The lowest BCUT2D eigenvalue weighted by atomic mass is 10.1. The summed E-state index contributed by atoms with van der Waals surface area (Å²) in [4.78, 5) is 44.7. The van der Waals surface area contributed by atoms with E-state index in [-0.39, 0.29) is 6.79 Å². The number of anilines is 1. The van der Waals surface area contributed by atoms with E-state index in [4.69, 9.17) is 9.47 Å². The number of ether oxygens (including phenoxy) is 2. The quantitative estimate of drug-likeness (QED) is 0.511. The molecule has 1 atom stereocenters. The van der Waals surface area contributed by atoms with Gasteiger partial charge >= 0.3 is 0 Å². The van der Waals surface area contributed by atoms with E-state index in [0.717, 1.165) is 10.5 Å². The van der Waals surface area contributed by atoms with Gasteiger partial charge in [0.25, 0.3) is 11.8 Å². The minimum atomic E-state index is -0.928. The number of hydrogen-bond acceptors (Lipinski definition) is 8. The Morgan fingerprint density at radius 3 is 2.61 bits per heavy atom. The summed E-state index contributed by atoms with van der Waals surface area (Å²) in [6, 6.07) is 11.2. The van der Waals surface area contributed by atoms with Crippen LogP contribution in [0.25, 0.3) is 11.3 Å². The van der Waals surface area contributed by atoms with Crippen LogP contribution in [0.15, 0.2) is 47.8 Å². The van der Waals surface area contributed by atoms with Crippen molar-refractivity contribution < 1.29 is 23.9 Å². The number of imide groups is 1. The highest BCUT2D eigenvalue weighted by atomic mass is 32.2. The smallest absolute Gasteiger partial charge is 0.262 e. The Morgan fingerprint density at radius 2 is 1.88 bits per heavy atom. The van der Waals surface area contributed by atoms with Crippen molar-refractivity contribution in [3.63, 3.8) is 0 Å². The van der Waals surface area contributed by atoms with Gasteiger partial charge < -0.3 is 14.8 Å². The van der Waals surface area contributed by atoms with Crippen LogP contribution < -0.4 is 14.8 Å². The standard InChI is InChI=1S/C23H19N3O5S2/c1-32-9-8-17(26-21(28)14-4-2-3-5-15(14)22(26)29)20(27)25-23-24-16(11-33-23)13-6-7-18-19(10-13)31-12-30-18/h2-7,10-11,17H,8-9,12H2,1H3,(H,24,25,27)/t17-/m0/s1. The number of nitrogens with one attached hydrogen (secondary N) is 1. The second-order valence-corrected chi connectivity index (χ2v) is 9.26. The predicted molar refractivity (Wildman–Crippen MR) is 126 cm³/mol. The maximum absolute atomic E-state index is 13.2. The molecule has 0 saturated carbocycles. The van der Waals surface area contributed by atoms with Crippen LogP contribution in [0.4, 0.5) is 5.13 Å². The Kier molecular flexibility index (Phi) is 5.77. The SMILES string of the molecule is CSCC[C@@H](C(=O)Nc1nc(-c2ccc3c(c2)OCO3)cs1)N1C(=O)c2ccccc2C1=O. The largest absolute Gasteiger partial charge is 0.454 e. The number of thioether (sulfide) groups is 1. The highest BCUT2D eigenvalue weighted by Gasteiger charge is 2.42. The van der Waals surface area contributed by atoms with Crippen molar-refractivity contribution in [2.24, 2.45) is 0 Å². The number of aromatic nitrogens is 1. The van der Waals surface area contributed by atoms with Crippen molar-refractivity contribution in [3.05, 3.63) is 59.0 Å². The summed E-state index contributed by atoms with van der Waals surface area (Å²) in [5, 5.41) is 5.01. The first-order valence-corrected chi connectivity index (χ1v) is 12.5. The third-order valence-electron chi connectivity index (χ3n) is 5.44. The fraction of sp³-hybridized carbons (Fsp3) is 0.217. The summed E-state index contributed by atoms with van der Waals surface area (Å²) in [6.07, 6.45) is 2.26. The number of rotatable bonds is 7. The van der Waals surface area contributed by atoms with Crippen LogP contribution in [0.2, 0.25) is 0 Å². The molecule has 0 spiro atoms. The number of hydrogen-bond donors (Lipinski definition) is 1. The van der Waals surface area contributed by atoms with Crippen LogP contribution >= 0.6 is 23.1 Å². The zero-order chi connectivity index (χ0) is 22.9. The predicted octanol–water partition coefficient (Wildman–Crippen LogP) is 3.90. The van der Waals surface area contributed by atoms with Gasteiger partial charge in [0.15, 0.2) is 16.6 Å². The fourth-order valence-corrected chi connectivity index (χ4v) is 4.99. The molecule has 3 heterocycles. The molecule has 0 fully saturated rings. The van der Waals surface area contributed by atoms with Gasteiger partial charge in [-0.25, -0.2) is 4.98 Å². The number of benzene rings is 2. The second kappa shape index (κ2) is 8.87. The zero-order valence-electron chi connectivity index (χ0n) is 17.6. The molecule has 1 aromatic heterocycles. The maximum Gasteiger partial charge on any atom is 0.262 e. The van der Waals surface area contributed by atoms with Crippen molar-refractivity contribution in [2.75, 3.05) is 24.1 Å². The number of nitrogens with zero attached hydrogens (tertiary/aromatic N) is 2. The Hall–Kier alpha value is -3.37. The molecule has 2 aromatic carbocycles. The topological polar surface area (TPSA) is 97.8 Å². The molecule has 5 rings (SSSR count). The lowest BCUT2D eigenvalue weighted by Gasteiger charge is -2.24. The Balaban J connectivity index is 1.36.